The molecule has 11 atom stereocenters. The molecule has 19 heteroatoms. The van der Waals surface area contributed by atoms with Gasteiger partial charge in [-0.15, -0.1) is 0 Å². The Kier molecular flexibility index (Phi) is 11.4. The minimum Gasteiger partial charge on any atom is -0.463 e. The summed E-state index contributed by atoms with van der Waals surface area (Å²) < 4.78 is 63.8. The number of imidazole rings is 1. The summed E-state index contributed by atoms with van der Waals surface area (Å²) in [5.41, 5.74) is -4.63. The molecule has 0 spiro atoms. The van der Waals surface area contributed by atoms with E-state index in [9.17, 15) is 33.6 Å². The molecule has 8 rings (SSSR count). The Morgan fingerprint density at radius 1 is 1.08 bits per heavy atom. The summed E-state index contributed by atoms with van der Waals surface area (Å²) in [5.74, 6) is -3.18. The molecule has 4 aliphatic carbocycles. The third kappa shape index (κ3) is 7.28. The average molecular weight is 846 g/mol. The number of fused-ring (bicyclic) bond motifs is 8. The van der Waals surface area contributed by atoms with Gasteiger partial charge in [0, 0.05) is 23.7 Å². The van der Waals surface area contributed by atoms with Gasteiger partial charge in [0.1, 0.15) is 26.1 Å². The minimum absolute atomic E-state index is 0.0784. The normalized spacial score (nSPS) is 36.6. The highest BCUT2D eigenvalue weighted by atomic mass is 31.1. The van der Waals surface area contributed by atoms with E-state index in [2.05, 4.69) is 15.0 Å². The van der Waals surface area contributed by atoms with Gasteiger partial charge < -0.3 is 38.5 Å². The Balaban J connectivity index is 0.000000221. The molecular weight excluding hydrogens is 794 g/mol. The van der Waals surface area contributed by atoms with Crippen LogP contribution in [0.4, 0.5) is 9.18 Å². The number of hydrogen-bond acceptors (Lipinski definition) is 15. The fourth-order valence-corrected chi connectivity index (χ4v) is 11.0. The number of allylic oxidation sites excluding steroid dienone is 4. The number of nitrogens with zero attached hydrogens (tertiary/aromatic N) is 3. The molecule has 5 fully saturated rings. The number of aliphatic hydroxyl groups excluding tert-OH is 1. The smallest absolute Gasteiger partial charge is 0.463 e. The Morgan fingerprint density at radius 2 is 1.85 bits per heavy atom. The van der Waals surface area contributed by atoms with E-state index < -0.39 is 72.4 Å². The molecule has 2 saturated heterocycles. The van der Waals surface area contributed by atoms with Crippen LogP contribution in [-0.2, 0) is 47.4 Å². The lowest BCUT2D eigenvalue weighted by molar-refractivity contribution is -0.246. The van der Waals surface area contributed by atoms with E-state index in [0.29, 0.717) is 36.0 Å². The van der Waals surface area contributed by atoms with Crippen molar-refractivity contribution in [2.24, 2.45) is 22.7 Å². The Morgan fingerprint density at radius 3 is 2.58 bits per heavy atom. The van der Waals surface area contributed by atoms with Crippen LogP contribution in [0.5, 0.6) is 0 Å². The molecule has 2 aliphatic heterocycles. The van der Waals surface area contributed by atoms with Crippen molar-refractivity contribution in [2.45, 2.75) is 115 Å². The van der Waals surface area contributed by atoms with Gasteiger partial charge in [0.25, 0.3) is 5.56 Å². The molecule has 320 valence electrons. The molecule has 0 amide bonds. The molecule has 2 N–H and O–H groups in total. The fourth-order valence-electron chi connectivity index (χ4n) is 10.6. The lowest BCUT2D eigenvalue weighted by Gasteiger charge is -2.62. The molecule has 3 saturated carbocycles. The van der Waals surface area contributed by atoms with Gasteiger partial charge in [-0.3, -0.25) is 23.7 Å². The van der Waals surface area contributed by atoms with Crippen LogP contribution < -0.4 is 5.56 Å². The van der Waals surface area contributed by atoms with Gasteiger partial charge in [0.15, 0.2) is 46.8 Å². The van der Waals surface area contributed by atoms with E-state index in [0.717, 1.165) is 12.8 Å². The van der Waals surface area contributed by atoms with Gasteiger partial charge in [-0.2, -0.15) is 0 Å². The van der Waals surface area contributed by atoms with E-state index in [1.54, 1.807) is 37.7 Å². The lowest BCUT2D eigenvalue weighted by atomic mass is 9.44. The van der Waals surface area contributed by atoms with Crippen molar-refractivity contribution in [3.63, 3.8) is 0 Å². The zero-order chi connectivity index (χ0) is 42.7. The quantitative estimate of drug-likeness (QED) is 0.264. The Labute approximate surface area is 340 Å². The summed E-state index contributed by atoms with van der Waals surface area (Å²) in [6.45, 7) is 9.35. The van der Waals surface area contributed by atoms with Gasteiger partial charge >= 0.3 is 19.9 Å². The SMILES string of the molecule is CC(=O)OCC1CCC(n2cnc3c(=O)[nH]cnc32)O1.C[P+](=O)CCOC(=O)OCC(=O)[C@@]12OC(C)(C)O[C@@H]1CC1C3CCC4=CC(=O)C=C[C@]4(C)C3(F)[C@@H](O)C[C@@]12C. The highest BCUT2D eigenvalue weighted by Crippen LogP contribution is 2.72. The summed E-state index contributed by atoms with van der Waals surface area (Å²) in [6.07, 6.45) is 6.57. The number of alkyl halides is 1. The van der Waals surface area contributed by atoms with Crippen LogP contribution in [0.3, 0.4) is 0 Å². The van der Waals surface area contributed by atoms with Gasteiger partial charge in [0.2, 0.25) is 5.78 Å². The van der Waals surface area contributed by atoms with Crippen molar-refractivity contribution >= 4 is 42.7 Å². The second kappa shape index (κ2) is 15.7. The standard InChI is InChI=1S/C28H37FO9P.C12H14N4O4/c1-24(2)37-22-13-19-18-7-6-16-12-17(30)8-9-25(16,3)27(18,29)20(31)14-26(19,4)28(22,38-24)21(32)15-36-23(33)35-10-11-39(5)34;1-7(17)19-4-8-2-3-9(20-8)16-6-15-10-11(16)13-5-14-12(10)18/h8-9,12,18-20,22,31H,6-7,10-11,13-15H2,1-5H3;5-6,8-9H,2-4H2,1H3,(H,13,14,18)/q+1;/t18?,19?,20-,22+,25-,26-,27?,28+;/m0./s1. The van der Waals surface area contributed by atoms with Crippen LogP contribution in [0.15, 0.2) is 41.3 Å². The summed E-state index contributed by atoms with van der Waals surface area (Å²) in [6, 6.07) is 0. The highest BCUT2D eigenvalue weighted by Gasteiger charge is 2.80. The first kappa shape index (κ1) is 42.9. The van der Waals surface area contributed by atoms with Gasteiger partial charge in [-0.1, -0.05) is 23.1 Å². The van der Waals surface area contributed by atoms with Gasteiger partial charge in [-0.05, 0) is 77.4 Å². The summed E-state index contributed by atoms with van der Waals surface area (Å²) in [5, 5.41) is 11.6. The first-order valence-corrected chi connectivity index (χ1v) is 21.7. The number of Topliss-reactive ketones (excluding diaryl/α,β-unsaturated/α-hetero) is 1. The van der Waals surface area contributed by atoms with E-state index in [-0.39, 0.29) is 61.4 Å². The zero-order valence-corrected chi connectivity index (χ0v) is 34.8. The maximum Gasteiger partial charge on any atom is 0.508 e. The summed E-state index contributed by atoms with van der Waals surface area (Å²) in [7, 11) is -1.49. The van der Waals surface area contributed by atoms with Crippen molar-refractivity contribution in [1.82, 2.24) is 19.5 Å². The van der Waals surface area contributed by atoms with E-state index in [1.807, 2.05) is 6.92 Å². The second-order valence-corrected chi connectivity index (χ2v) is 18.9. The topological polar surface area (TPSA) is 225 Å². The number of halogens is 1. The number of ketones is 2. The predicted molar refractivity (Wildman–Crippen MR) is 205 cm³/mol. The minimum atomic E-state index is -2.06. The van der Waals surface area contributed by atoms with Crippen LogP contribution in [0, 0.1) is 22.7 Å². The fraction of sp³-hybridized carbons (Fsp3) is 0.675. The predicted octanol–water partition coefficient (Wildman–Crippen LogP) is 4.40. The molecule has 4 heterocycles. The molecule has 0 aromatic carbocycles. The van der Waals surface area contributed by atoms with E-state index >= 15 is 4.39 Å². The van der Waals surface area contributed by atoms with Crippen molar-refractivity contribution in [1.29, 1.82) is 0 Å². The second-order valence-electron chi connectivity index (χ2n) is 17.2. The molecule has 0 radical (unpaired) electrons. The Bertz CT molecular complexity index is 2170. The summed E-state index contributed by atoms with van der Waals surface area (Å²) >= 11 is 0. The van der Waals surface area contributed by atoms with Gasteiger partial charge in [-0.25, -0.2) is 19.2 Å². The van der Waals surface area contributed by atoms with Crippen molar-refractivity contribution in [3.8, 4) is 0 Å². The summed E-state index contributed by atoms with van der Waals surface area (Å²) in [4.78, 5) is 71.1. The number of aliphatic hydroxyl groups is 1. The maximum absolute atomic E-state index is 17.4. The third-order valence-corrected chi connectivity index (χ3v) is 14.0. The average Bonchev–Trinajstić information content (AvgIpc) is 3.92. The number of hydrogen-bond donors (Lipinski definition) is 2. The number of ether oxygens (including phenoxy) is 6. The number of rotatable bonds is 9. The first-order valence-electron chi connectivity index (χ1n) is 19.8. The first-order chi connectivity index (χ1) is 27.8. The number of aromatic amines is 1. The number of esters is 1. The lowest BCUT2D eigenvalue weighted by Crippen LogP contribution is -2.70. The number of nitrogens with one attached hydrogen (secondary N) is 1. The van der Waals surface area contributed by atoms with Crippen LogP contribution in [0.2, 0.25) is 0 Å². The van der Waals surface area contributed by atoms with E-state index in [1.165, 1.54) is 32.1 Å². The van der Waals surface area contributed by atoms with Crippen molar-refractivity contribution < 1.29 is 61.7 Å². The molecule has 0 bridgehead atoms. The van der Waals surface area contributed by atoms with Crippen molar-refractivity contribution in [2.75, 3.05) is 32.6 Å². The maximum atomic E-state index is 17.4. The number of aromatic nitrogens is 4. The molecule has 17 nitrogen and oxygen atoms in total. The van der Waals surface area contributed by atoms with Crippen LogP contribution >= 0.6 is 7.80 Å². The molecule has 6 unspecified atom stereocenters. The number of carbonyl (C=O) groups excluding carboxylic acids is 4. The zero-order valence-electron chi connectivity index (χ0n) is 33.9. The van der Waals surface area contributed by atoms with Crippen molar-refractivity contribution in [3.05, 3.63) is 46.8 Å². The third-order valence-electron chi connectivity index (χ3n) is 13.2. The Hall–Kier alpha value is -4.22. The highest BCUT2D eigenvalue weighted by molar-refractivity contribution is 7.43. The molecule has 6 aliphatic rings. The number of carbonyl (C=O) groups is 4. The molecule has 2 aromatic rings. The molecule has 59 heavy (non-hydrogen) atoms. The molecular formula is C40H51FN4O13P+. The van der Waals surface area contributed by atoms with E-state index in [4.69, 9.17) is 28.4 Å². The monoisotopic (exact) mass is 845 g/mol. The van der Waals surface area contributed by atoms with Crippen LogP contribution in [0.1, 0.15) is 79.4 Å². The number of H-pyrrole nitrogens is 1. The van der Waals surface area contributed by atoms with Crippen LogP contribution in [-0.4, -0.2) is 116 Å². The van der Waals surface area contributed by atoms with Gasteiger partial charge in [0.05, 0.1) is 31.0 Å². The largest absolute Gasteiger partial charge is 0.508 e. The molecule has 2 aromatic heterocycles. The van der Waals surface area contributed by atoms with Crippen LogP contribution in [0.25, 0.3) is 11.2 Å².